The Morgan fingerprint density at radius 2 is 2.07 bits per heavy atom. The second kappa shape index (κ2) is 5.40. The predicted octanol–water partition coefficient (Wildman–Crippen LogP) is 2.06. The predicted molar refractivity (Wildman–Crippen MR) is 48.9 cm³/mol. The summed E-state index contributed by atoms with van der Waals surface area (Å²) < 4.78 is 16.0. The molecule has 81 valence electrons. The molecule has 2 aliphatic heterocycles. The minimum absolute atomic E-state index is 0. The van der Waals surface area contributed by atoms with E-state index in [4.69, 9.17) is 37.4 Å². The van der Waals surface area contributed by atoms with Crippen LogP contribution < -0.4 is 0 Å². The Bertz CT molecular complexity index is 189. The van der Waals surface area contributed by atoms with Gasteiger partial charge in [-0.3, -0.25) is 0 Å². The first-order valence-corrected chi connectivity index (χ1v) is 5.28. The van der Waals surface area contributed by atoms with Crippen molar-refractivity contribution in [3.05, 3.63) is 0 Å². The van der Waals surface area contributed by atoms with E-state index >= 15 is 0 Å². The zero-order valence-corrected chi connectivity index (χ0v) is 10.5. The van der Waals surface area contributed by atoms with Gasteiger partial charge in [0.25, 0.3) is 5.25 Å². The zero-order valence-electron chi connectivity index (χ0n) is 7.62. The van der Waals surface area contributed by atoms with Crippen LogP contribution in [0, 0.1) is 0 Å². The standard InChI is InChI=1S/C8H12Cl2O3.V/c9-6-3-5-12-8(6,10)13-7-2-1-4-11-7;/h6-7H,1-5H2;. The molecule has 3 atom stereocenters. The fourth-order valence-electron chi connectivity index (χ4n) is 1.49. The Labute approximate surface area is 105 Å². The summed E-state index contributed by atoms with van der Waals surface area (Å²) in [5, 5.41) is -1.46. The zero-order chi connectivity index (χ0) is 9.31. The van der Waals surface area contributed by atoms with E-state index in [9.17, 15) is 0 Å². The molecule has 1 radical (unpaired) electrons. The number of alkyl halides is 2. The maximum absolute atomic E-state index is 6.04. The van der Waals surface area contributed by atoms with Gasteiger partial charge in [-0.05, 0) is 12.8 Å². The topological polar surface area (TPSA) is 27.7 Å². The molecule has 0 bridgehead atoms. The van der Waals surface area contributed by atoms with Gasteiger partial charge in [0.1, 0.15) is 5.38 Å². The summed E-state index contributed by atoms with van der Waals surface area (Å²) in [7, 11) is 0. The second-order valence-corrected chi connectivity index (χ2v) is 4.30. The maximum atomic E-state index is 6.04. The molecule has 2 heterocycles. The Balaban J connectivity index is 0.000000980. The summed E-state index contributed by atoms with van der Waals surface area (Å²) in [5.41, 5.74) is 0. The van der Waals surface area contributed by atoms with Crippen molar-refractivity contribution < 1.29 is 32.8 Å². The van der Waals surface area contributed by atoms with Crippen LogP contribution in [0.25, 0.3) is 0 Å². The van der Waals surface area contributed by atoms with E-state index in [1.165, 1.54) is 0 Å². The molecule has 2 saturated heterocycles. The molecule has 6 heteroatoms. The van der Waals surface area contributed by atoms with Gasteiger partial charge in [0, 0.05) is 31.6 Å². The molecule has 0 aromatic carbocycles. The normalized spacial score (nSPS) is 42.4. The molecule has 0 N–H and O–H groups in total. The monoisotopic (exact) mass is 277 g/mol. The molecular weight excluding hydrogens is 266 g/mol. The Hall–Kier alpha value is 1.04. The van der Waals surface area contributed by atoms with Gasteiger partial charge < -0.3 is 14.2 Å². The van der Waals surface area contributed by atoms with Crippen molar-refractivity contribution in [1.82, 2.24) is 0 Å². The molecule has 3 nitrogen and oxygen atoms in total. The Morgan fingerprint density at radius 1 is 1.29 bits per heavy atom. The first-order valence-electron chi connectivity index (χ1n) is 4.47. The fraction of sp³-hybridized carbons (Fsp3) is 1.00. The van der Waals surface area contributed by atoms with E-state index in [0.717, 1.165) is 25.9 Å². The minimum Gasteiger partial charge on any atom is -0.352 e. The van der Waals surface area contributed by atoms with Gasteiger partial charge in [-0.2, -0.15) is 0 Å². The third kappa shape index (κ3) is 2.79. The van der Waals surface area contributed by atoms with E-state index in [-0.39, 0.29) is 30.2 Å². The number of ether oxygens (including phenoxy) is 3. The molecule has 3 unspecified atom stereocenters. The smallest absolute Gasteiger partial charge is 0.267 e. The molecular formula is C8H12Cl2O3V. The van der Waals surface area contributed by atoms with Crippen LogP contribution in [0.4, 0.5) is 0 Å². The van der Waals surface area contributed by atoms with E-state index < -0.39 is 5.25 Å². The van der Waals surface area contributed by atoms with Crippen LogP contribution in [-0.4, -0.2) is 30.1 Å². The van der Waals surface area contributed by atoms with Crippen LogP contribution >= 0.6 is 23.2 Å². The number of rotatable bonds is 2. The quantitative estimate of drug-likeness (QED) is 0.724. The largest absolute Gasteiger partial charge is 0.352 e. The third-order valence-electron chi connectivity index (χ3n) is 2.22. The Morgan fingerprint density at radius 3 is 2.57 bits per heavy atom. The van der Waals surface area contributed by atoms with Crippen LogP contribution in [0.2, 0.25) is 0 Å². The molecule has 0 spiro atoms. The van der Waals surface area contributed by atoms with Crippen molar-refractivity contribution in [2.75, 3.05) is 13.2 Å². The van der Waals surface area contributed by atoms with Crippen molar-refractivity contribution in [3.63, 3.8) is 0 Å². The fourth-order valence-corrected chi connectivity index (χ4v) is 1.98. The molecule has 0 saturated carbocycles. The van der Waals surface area contributed by atoms with Gasteiger partial charge in [-0.25, -0.2) is 0 Å². The summed E-state index contributed by atoms with van der Waals surface area (Å²) in [6.45, 7) is 1.27. The van der Waals surface area contributed by atoms with E-state index in [0.29, 0.717) is 6.61 Å². The first-order chi connectivity index (χ1) is 6.21. The van der Waals surface area contributed by atoms with Gasteiger partial charge >= 0.3 is 0 Å². The van der Waals surface area contributed by atoms with Crippen molar-refractivity contribution >= 4 is 23.2 Å². The number of hydrogen-bond acceptors (Lipinski definition) is 3. The van der Waals surface area contributed by atoms with Crippen LogP contribution in [0.1, 0.15) is 19.3 Å². The van der Waals surface area contributed by atoms with Crippen molar-refractivity contribution in [3.8, 4) is 0 Å². The summed E-state index contributed by atoms with van der Waals surface area (Å²) in [5.74, 6) is 0. The van der Waals surface area contributed by atoms with Crippen molar-refractivity contribution in [1.29, 1.82) is 0 Å². The number of hydrogen-bond donors (Lipinski definition) is 0. The summed E-state index contributed by atoms with van der Waals surface area (Å²) in [6.07, 6.45) is 2.33. The molecule has 0 aliphatic carbocycles. The van der Waals surface area contributed by atoms with Gasteiger partial charge in [0.2, 0.25) is 0 Å². The molecule has 0 aromatic rings. The van der Waals surface area contributed by atoms with Crippen LogP contribution in [0.15, 0.2) is 0 Å². The average molecular weight is 278 g/mol. The van der Waals surface area contributed by atoms with E-state index in [2.05, 4.69) is 0 Å². The molecule has 14 heavy (non-hydrogen) atoms. The SMILES string of the molecule is ClC1CCOC1(Cl)OC1CCCO1.[V]. The molecule has 2 fully saturated rings. The van der Waals surface area contributed by atoms with Crippen molar-refractivity contribution in [2.24, 2.45) is 0 Å². The van der Waals surface area contributed by atoms with Gasteiger partial charge in [0.05, 0.1) is 6.61 Å². The van der Waals surface area contributed by atoms with Crippen molar-refractivity contribution in [2.45, 2.75) is 36.2 Å². The second-order valence-electron chi connectivity index (χ2n) is 3.25. The van der Waals surface area contributed by atoms with Crippen LogP contribution in [0.5, 0.6) is 0 Å². The Kier molecular flexibility index (Phi) is 5.05. The molecule has 0 amide bonds. The van der Waals surface area contributed by atoms with E-state index in [1.54, 1.807) is 0 Å². The third-order valence-corrected chi connectivity index (χ3v) is 3.30. The minimum atomic E-state index is -1.17. The van der Waals surface area contributed by atoms with E-state index in [1.807, 2.05) is 0 Å². The summed E-state index contributed by atoms with van der Waals surface area (Å²) in [6, 6.07) is 0. The van der Waals surface area contributed by atoms with Crippen LogP contribution in [-0.2, 0) is 32.8 Å². The van der Waals surface area contributed by atoms with Gasteiger partial charge in [-0.1, -0.05) is 11.6 Å². The van der Waals surface area contributed by atoms with Gasteiger partial charge in [-0.15, -0.1) is 11.6 Å². The first kappa shape index (κ1) is 13.1. The molecule has 0 aromatic heterocycles. The summed E-state index contributed by atoms with van der Waals surface area (Å²) >= 11 is 12.0. The van der Waals surface area contributed by atoms with Crippen LogP contribution in [0.3, 0.4) is 0 Å². The van der Waals surface area contributed by atoms with Gasteiger partial charge in [0.15, 0.2) is 6.29 Å². The summed E-state index contributed by atoms with van der Waals surface area (Å²) in [4.78, 5) is 0. The maximum Gasteiger partial charge on any atom is 0.267 e. The average Bonchev–Trinajstić information content (AvgIpc) is 2.65. The number of halogens is 2. The molecule has 2 aliphatic rings. The molecule has 2 rings (SSSR count).